The molecule has 1 saturated carbocycles. The van der Waals surface area contributed by atoms with Crippen LogP contribution in [-0.4, -0.2) is 17.7 Å². The van der Waals surface area contributed by atoms with Gasteiger partial charge in [0.2, 0.25) is 0 Å². The fourth-order valence-electron chi connectivity index (χ4n) is 2.76. The van der Waals surface area contributed by atoms with Crippen molar-refractivity contribution in [1.29, 1.82) is 0 Å². The summed E-state index contributed by atoms with van der Waals surface area (Å²) in [4.78, 5) is 10.9. The number of rotatable bonds is 4. The van der Waals surface area contributed by atoms with Crippen molar-refractivity contribution in [3.8, 4) is 5.75 Å². The molecule has 0 bridgehead atoms. The van der Waals surface area contributed by atoms with Crippen molar-refractivity contribution in [2.75, 3.05) is 6.61 Å². The fraction of sp³-hybridized carbons (Fsp3) is 0.533. The molecule has 0 saturated heterocycles. The molecule has 98 valence electrons. The van der Waals surface area contributed by atoms with Crippen LogP contribution in [0.25, 0.3) is 0 Å². The molecule has 1 aliphatic carbocycles. The lowest BCUT2D eigenvalue weighted by Gasteiger charge is -2.27. The SMILES string of the molecule is CCOc1ccccc1C1CCC(C(=O)O)CC1. The zero-order valence-electron chi connectivity index (χ0n) is 10.8. The summed E-state index contributed by atoms with van der Waals surface area (Å²) in [5.74, 6) is 0.606. The molecular weight excluding hydrogens is 228 g/mol. The second-order valence-corrected chi connectivity index (χ2v) is 4.86. The van der Waals surface area contributed by atoms with Crippen LogP contribution < -0.4 is 4.74 Å². The van der Waals surface area contributed by atoms with E-state index in [0.717, 1.165) is 31.4 Å². The van der Waals surface area contributed by atoms with Crippen molar-refractivity contribution in [3.63, 3.8) is 0 Å². The van der Waals surface area contributed by atoms with Crippen molar-refractivity contribution >= 4 is 5.97 Å². The normalized spacial score (nSPS) is 23.6. The van der Waals surface area contributed by atoms with E-state index in [1.165, 1.54) is 5.56 Å². The van der Waals surface area contributed by atoms with Gasteiger partial charge in [0.25, 0.3) is 0 Å². The Hall–Kier alpha value is -1.51. The summed E-state index contributed by atoms with van der Waals surface area (Å²) >= 11 is 0. The van der Waals surface area contributed by atoms with Gasteiger partial charge in [-0.2, -0.15) is 0 Å². The molecule has 0 atom stereocenters. The molecule has 0 aromatic heterocycles. The smallest absolute Gasteiger partial charge is 0.306 e. The first kappa shape index (κ1) is 12.9. The molecule has 0 spiro atoms. The molecule has 1 fully saturated rings. The van der Waals surface area contributed by atoms with Crippen LogP contribution in [0.15, 0.2) is 24.3 Å². The Kier molecular flexibility index (Phi) is 4.24. The number of carbonyl (C=O) groups is 1. The van der Waals surface area contributed by atoms with Gasteiger partial charge in [-0.05, 0) is 50.2 Å². The Balaban J connectivity index is 2.07. The molecule has 0 amide bonds. The highest BCUT2D eigenvalue weighted by molar-refractivity contribution is 5.70. The summed E-state index contributed by atoms with van der Waals surface area (Å²) in [6.07, 6.45) is 3.45. The van der Waals surface area contributed by atoms with E-state index in [1.54, 1.807) is 0 Å². The minimum Gasteiger partial charge on any atom is -0.494 e. The molecule has 1 aromatic carbocycles. The van der Waals surface area contributed by atoms with Crippen LogP contribution in [0.4, 0.5) is 0 Å². The first-order valence-corrected chi connectivity index (χ1v) is 6.67. The van der Waals surface area contributed by atoms with Gasteiger partial charge in [0, 0.05) is 0 Å². The molecule has 1 aliphatic rings. The third kappa shape index (κ3) is 2.84. The van der Waals surface area contributed by atoms with Crippen molar-refractivity contribution in [2.24, 2.45) is 5.92 Å². The molecule has 0 heterocycles. The lowest BCUT2D eigenvalue weighted by molar-refractivity contribution is -0.142. The number of aliphatic carboxylic acids is 1. The molecule has 0 aliphatic heterocycles. The summed E-state index contributed by atoms with van der Waals surface area (Å²) in [6.45, 7) is 2.65. The van der Waals surface area contributed by atoms with E-state index in [-0.39, 0.29) is 5.92 Å². The zero-order chi connectivity index (χ0) is 13.0. The molecule has 3 heteroatoms. The van der Waals surface area contributed by atoms with E-state index in [4.69, 9.17) is 9.84 Å². The van der Waals surface area contributed by atoms with Gasteiger partial charge in [-0.3, -0.25) is 4.79 Å². The predicted molar refractivity (Wildman–Crippen MR) is 69.9 cm³/mol. The highest BCUT2D eigenvalue weighted by atomic mass is 16.5. The van der Waals surface area contributed by atoms with E-state index >= 15 is 0 Å². The average Bonchev–Trinajstić information content (AvgIpc) is 2.40. The van der Waals surface area contributed by atoms with Crippen LogP contribution >= 0.6 is 0 Å². The monoisotopic (exact) mass is 248 g/mol. The van der Waals surface area contributed by atoms with Gasteiger partial charge < -0.3 is 9.84 Å². The predicted octanol–water partition coefficient (Wildman–Crippen LogP) is 3.44. The van der Waals surface area contributed by atoms with E-state index in [1.807, 2.05) is 25.1 Å². The Morgan fingerprint density at radius 1 is 1.28 bits per heavy atom. The maximum Gasteiger partial charge on any atom is 0.306 e. The lowest BCUT2D eigenvalue weighted by Crippen LogP contribution is -2.20. The molecule has 0 unspecified atom stereocenters. The van der Waals surface area contributed by atoms with Crippen LogP contribution in [0.2, 0.25) is 0 Å². The number of hydrogen-bond acceptors (Lipinski definition) is 2. The van der Waals surface area contributed by atoms with Crippen LogP contribution in [-0.2, 0) is 4.79 Å². The average molecular weight is 248 g/mol. The number of carboxylic acid groups (broad SMARTS) is 1. The highest BCUT2D eigenvalue weighted by Gasteiger charge is 2.27. The van der Waals surface area contributed by atoms with E-state index < -0.39 is 5.97 Å². The van der Waals surface area contributed by atoms with Gasteiger partial charge >= 0.3 is 5.97 Å². The van der Waals surface area contributed by atoms with Crippen molar-refractivity contribution in [2.45, 2.75) is 38.5 Å². The quantitative estimate of drug-likeness (QED) is 0.887. The Morgan fingerprint density at radius 3 is 2.56 bits per heavy atom. The van der Waals surface area contributed by atoms with Gasteiger partial charge in [-0.15, -0.1) is 0 Å². The zero-order valence-corrected chi connectivity index (χ0v) is 10.8. The van der Waals surface area contributed by atoms with Crippen LogP contribution in [0, 0.1) is 5.92 Å². The molecule has 0 radical (unpaired) electrons. The molecule has 1 aromatic rings. The summed E-state index contributed by atoms with van der Waals surface area (Å²) in [5, 5.41) is 9.01. The van der Waals surface area contributed by atoms with E-state index in [2.05, 4.69) is 6.07 Å². The summed E-state index contributed by atoms with van der Waals surface area (Å²) in [6, 6.07) is 8.12. The van der Waals surface area contributed by atoms with Crippen molar-refractivity contribution < 1.29 is 14.6 Å². The van der Waals surface area contributed by atoms with E-state index in [9.17, 15) is 4.79 Å². The third-order valence-electron chi connectivity index (χ3n) is 3.74. The topological polar surface area (TPSA) is 46.5 Å². The molecule has 1 N–H and O–H groups in total. The van der Waals surface area contributed by atoms with Crippen LogP contribution in [0.1, 0.15) is 44.1 Å². The number of carboxylic acids is 1. The van der Waals surface area contributed by atoms with Gasteiger partial charge in [0.05, 0.1) is 12.5 Å². The number of benzene rings is 1. The number of hydrogen-bond donors (Lipinski definition) is 1. The third-order valence-corrected chi connectivity index (χ3v) is 3.74. The van der Waals surface area contributed by atoms with Gasteiger partial charge in [0.1, 0.15) is 5.75 Å². The van der Waals surface area contributed by atoms with Crippen molar-refractivity contribution in [3.05, 3.63) is 29.8 Å². The van der Waals surface area contributed by atoms with E-state index in [0.29, 0.717) is 12.5 Å². The highest BCUT2D eigenvalue weighted by Crippen LogP contribution is 2.39. The number of ether oxygens (including phenoxy) is 1. The number of para-hydroxylation sites is 1. The second kappa shape index (κ2) is 5.89. The molecular formula is C15H20O3. The second-order valence-electron chi connectivity index (χ2n) is 4.86. The Labute approximate surface area is 108 Å². The molecule has 2 rings (SSSR count). The van der Waals surface area contributed by atoms with Gasteiger partial charge in [-0.1, -0.05) is 18.2 Å². The Morgan fingerprint density at radius 2 is 1.94 bits per heavy atom. The molecule has 18 heavy (non-hydrogen) atoms. The van der Waals surface area contributed by atoms with Gasteiger partial charge in [-0.25, -0.2) is 0 Å². The first-order chi connectivity index (χ1) is 8.72. The summed E-state index contributed by atoms with van der Waals surface area (Å²) < 4.78 is 5.65. The minimum absolute atomic E-state index is 0.152. The molecule has 3 nitrogen and oxygen atoms in total. The fourth-order valence-corrected chi connectivity index (χ4v) is 2.76. The van der Waals surface area contributed by atoms with Crippen LogP contribution in [0.5, 0.6) is 5.75 Å². The van der Waals surface area contributed by atoms with Crippen LogP contribution in [0.3, 0.4) is 0 Å². The summed E-state index contributed by atoms with van der Waals surface area (Å²) in [7, 11) is 0. The first-order valence-electron chi connectivity index (χ1n) is 6.67. The summed E-state index contributed by atoms with van der Waals surface area (Å²) in [5.41, 5.74) is 1.24. The lowest BCUT2D eigenvalue weighted by atomic mass is 9.78. The maximum absolute atomic E-state index is 10.9. The van der Waals surface area contributed by atoms with Crippen molar-refractivity contribution in [1.82, 2.24) is 0 Å². The maximum atomic E-state index is 10.9. The minimum atomic E-state index is -0.647. The largest absolute Gasteiger partial charge is 0.494 e. The standard InChI is InChI=1S/C15H20O3/c1-2-18-14-6-4-3-5-13(14)11-7-9-12(10-8-11)15(16)17/h3-6,11-12H,2,7-10H2,1H3,(H,16,17). The van der Waals surface area contributed by atoms with Gasteiger partial charge in [0.15, 0.2) is 0 Å². The Bertz CT molecular complexity index is 406.